The Morgan fingerprint density at radius 1 is 1.19 bits per heavy atom. The molecule has 0 aliphatic heterocycles. The minimum absolute atomic E-state index is 0.202. The van der Waals surface area contributed by atoms with Crippen LogP contribution in [0.5, 0.6) is 5.75 Å². The van der Waals surface area contributed by atoms with Crippen molar-refractivity contribution in [3.05, 3.63) is 61.8 Å². The number of benzene rings is 2. The maximum atomic E-state index is 13.6. The van der Waals surface area contributed by atoms with E-state index in [4.69, 9.17) is 27.9 Å². The standard InChI is InChI=1S/C15H13BrCl2FNO/c1-20-15(8-3-4-11(17)12(18)5-8)9-6-10(16)13(19)7-14(9)21-2/h3-7,15,20H,1-2H3. The highest BCUT2D eigenvalue weighted by Crippen LogP contribution is 2.35. The van der Waals surface area contributed by atoms with E-state index in [1.165, 1.54) is 13.2 Å². The molecular formula is C15H13BrCl2FNO. The van der Waals surface area contributed by atoms with E-state index >= 15 is 0 Å². The molecule has 2 rings (SSSR count). The highest BCUT2D eigenvalue weighted by Gasteiger charge is 2.19. The summed E-state index contributed by atoms with van der Waals surface area (Å²) in [5.41, 5.74) is 1.70. The lowest BCUT2D eigenvalue weighted by atomic mass is 9.98. The molecule has 1 unspecified atom stereocenters. The van der Waals surface area contributed by atoms with Crippen molar-refractivity contribution in [3.8, 4) is 5.75 Å². The molecule has 2 aromatic rings. The lowest BCUT2D eigenvalue weighted by Crippen LogP contribution is -2.18. The first kappa shape index (κ1) is 16.6. The van der Waals surface area contributed by atoms with Crippen molar-refractivity contribution in [1.29, 1.82) is 0 Å². The first-order valence-corrected chi connectivity index (χ1v) is 7.68. The second-order valence-corrected chi connectivity index (χ2v) is 6.07. The van der Waals surface area contributed by atoms with E-state index in [-0.39, 0.29) is 11.9 Å². The zero-order valence-electron chi connectivity index (χ0n) is 11.4. The molecule has 6 heteroatoms. The second kappa shape index (κ2) is 6.97. The van der Waals surface area contributed by atoms with Crippen molar-refractivity contribution in [2.45, 2.75) is 6.04 Å². The minimum Gasteiger partial charge on any atom is -0.496 e. The number of hydrogen-bond acceptors (Lipinski definition) is 2. The van der Waals surface area contributed by atoms with Gasteiger partial charge in [0.2, 0.25) is 0 Å². The molecular weight excluding hydrogens is 380 g/mol. The van der Waals surface area contributed by atoms with Gasteiger partial charge in [-0.15, -0.1) is 0 Å². The number of ether oxygens (including phenoxy) is 1. The molecule has 2 nitrogen and oxygen atoms in total. The molecule has 0 bridgehead atoms. The van der Waals surface area contributed by atoms with Gasteiger partial charge in [0.05, 0.1) is 27.7 Å². The summed E-state index contributed by atoms with van der Waals surface area (Å²) >= 11 is 15.2. The lowest BCUT2D eigenvalue weighted by molar-refractivity contribution is 0.401. The number of methoxy groups -OCH3 is 1. The fraction of sp³-hybridized carbons (Fsp3) is 0.200. The third-order valence-corrected chi connectivity index (χ3v) is 4.50. The largest absolute Gasteiger partial charge is 0.496 e. The van der Waals surface area contributed by atoms with Crippen LogP contribution in [-0.2, 0) is 0 Å². The minimum atomic E-state index is -0.375. The number of nitrogens with one attached hydrogen (secondary N) is 1. The van der Waals surface area contributed by atoms with Gasteiger partial charge < -0.3 is 10.1 Å². The summed E-state index contributed by atoms with van der Waals surface area (Å²) in [4.78, 5) is 0. The summed E-state index contributed by atoms with van der Waals surface area (Å²) in [7, 11) is 3.32. The molecule has 1 atom stereocenters. The summed E-state index contributed by atoms with van der Waals surface area (Å²) in [6, 6.07) is 8.22. The molecule has 21 heavy (non-hydrogen) atoms. The van der Waals surface area contributed by atoms with Crippen LogP contribution in [0.3, 0.4) is 0 Å². The zero-order chi connectivity index (χ0) is 15.6. The maximum Gasteiger partial charge on any atom is 0.141 e. The lowest BCUT2D eigenvalue weighted by Gasteiger charge is -2.21. The van der Waals surface area contributed by atoms with Gasteiger partial charge in [-0.05, 0) is 46.7 Å². The van der Waals surface area contributed by atoms with Gasteiger partial charge in [-0.1, -0.05) is 29.3 Å². The van der Waals surface area contributed by atoms with E-state index in [2.05, 4.69) is 21.2 Å². The molecule has 0 saturated heterocycles. The van der Waals surface area contributed by atoms with Crippen molar-refractivity contribution in [3.63, 3.8) is 0 Å². The first-order chi connectivity index (χ1) is 9.97. The topological polar surface area (TPSA) is 21.3 Å². The molecule has 0 aliphatic rings. The molecule has 0 spiro atoms. The SMILES string of the molecule is CNC(c1ccc(Cl)c(Cl)c1)c1cc(Br)c(F)cc1OC. The van der Waals surface area contributed by atoms with Gasteiger partial charge in [0.25, 0.3) is 0 Å². The van der Waals surface area contributed by atoms with E-state index in [0.717, 1.165) is 11.1 Å². The van der Waals surface area contributed by atoms with Gasteiger partial charge in [-0.25, -0.2) is 4.39 Å². The maximum absolute atomic E-state index is 13.6. The van der Waals surface area contributed by atoms with Gasteiger partial charge in [0.1, 0.15) is 11.6 Å². The summed E-state index contributed by atoms with van der Waals surface area (Å²) in [6.45, 7) is 0. The van der Waals surface area contributed by atoms with Gasteiger partial charge in [-0.3, -0.25) is 0 Å². The van der Waals surface area contributed by atoms with E-state index in [1.807, 2.05) is 13.1 Å². The predicted octanol–water partition coefficient (Wildman–Crippen LogP) is 5.21. The molecule has 0 aromatic heterocycles. The van der Waals surface area contributed by atoms with Crippen LogP contribution in [0.15, 0.2) is 34.8 Å². The highest BCUT2D eigenvalue weighted by atomic mass is 79.9. The van der Waals surface area contributed by atoms with Gasteiger partial charge in [0.15, 0.2) is 0 Å². The van der Waals surface area contributed by atoms with Crippen molar-refractivity contribution >= 4 is 39.1 Å². The Bertz CT molecular complexity index is 666. The fourth-order valence-corrected chi connectivity index (χ4v) is 2.81. The van der Waals surface area contributed by atoms with Crippen molar-refractivity contribution < 1.29 is 9.13 Å². The average Bonchev–Trinajstić information content (AvgIpc) is 2.46. The van der Waals surface area contributed by atoms with Crippen molar-refractivity contribution in [2.75, 3.05) is 14.2 Å². The Balaban J connectivity index is 2.55. The molecule has 0 aliphatic carbocycles. The summed E-state index contributed by atoms with van der Waals surface area (Å²) in [5, 5.41) is 4.13. The molecule has 1 N–H and O–H groups in total. The molecule has 0 saturated carbocycles. The van der Waals surface area contributed by atoms with Crippen LogP contribution in [0.1, 0.15) is 17.2 Å². The number of halogens is 4. The summed E-state index contributed by atoms with van der Waals surface area (Å²) < 4.78 is 19.3. The van der Waals surface area contributed by atoms with E-state index in [1.54, 1.807) is 18.2 Å². The Kier molecular flexibility index (Phi) is 5.49. The Hall–Kier alpha value is -0.810. The van der Waals surface area contributed by atoms with Crippen LogP contribution in [0.2, 0.25) is 10.0 Å². The third kappa shape index (κ3) is 3.51. The van der Waals surface area contributed by atoms with Crippen LogP contribution < -0.4 is 10.1 Å². The zero-order valence-corrected chi connectivity index (χ0v) is 14.5. The monoisotopic (exact) mass is 391 g/mol. The summed E-state index contributed by atoms with van der Waals surface area (Å²) in [6.07, 6.45) is 0. The Labute approximate surface area is 141 Å². The first-order valence-electron chi connectivity index (χ1n) is 6.13. The van der Waals surface area contributed by atoms with Gasteiger partial charge in [0, 0.05) is 11.6 Å². The number of rotatable bonds is 4. The highest BCUT2D eigenvalue weighted by molar-refractivity contribution is 9.10. The Morgan fingerprint density at radius 2 is 1.90 bits per heavy atom. The third-order valence-electron chi connectivity index (χ3n) is 3.15. The molecule has 0 amide bonds. The average molecular weight is 393 g/mol. The van der Waals surface area contributed by atoms with E-state index in [9.17, 15) is 4.39 Å². The second-order valence-electron chi connectivity index (χ2n) is 4.40. The number of hydrogen-bond donors (Lipinski definition) is 1. The molecule has 0 radical (unpaired) electrons. The van der Waals surface area contributed by atoms with Gasteiger partial charge >= 0.3 is 0 Å². The van der Waals surface area contributed by atoms with E-state index < -0.39 is 0 Å². The van der Waals surface area contributed by atoms with Crippen LogP contribution in [-0.4, -0.2) is 14.2 Å². The van der Waals surface area contributed by atoms with Crippen LogP contribution in [0.25, 0.3) is 0 Å². The Morgan fingerprint density at radius 3 is 2.48 bits per heavy atom. The quantitative estimate of drug-likeness (QED) is 0.770. The van der Waals surface area contributed by atoms with Crippen molar-refractivity contribution in [2.24, 2.45) is 0 Å². The van der Waals surface area contributed by atoms with Gasteiger partial charge in [-0.2, -0.15) is 0 Å². The van der Waals surface area contributed by atoms with Crippen molar-refractivity contribution in [1.82, 2.24) is 5.32 Å². The predicted molar refractivity (Wildman–Crippen MR) is 88.0 cm³/mol. The molecule has 0 fully saturated rings. The fourth-order valence-electron chi connectivity index (χ4n) is 2.14. The molecule has 0 heterocycles. The van der Waals surface area contributed by atoms with Crippen LogP contribution in [0, 0.1) is 5.82 Å². The molecule has 112 valence electrons. The van der Waals surface area contributed by atoms with Crippen LogP contribution >= 0.6 is 39.1 Å². The van der Waals surface area contributed by atoms with E-state index in [0.29, 0.717) is 20.3 Å². The van der Waals surface area contributed by atoms with Crippen LogP contribution in [0.4, 0.5) is 4.39 Å². The summed E-state index contributed by atoms with van der Waals surface area (Å²) in [5.74, 6) is 0.0840. The molecule has 2 aromatic carbocycles. The normalized spacial score (nSPS) is 12.3. The smallest absolute Gasteiger partial charge is 0.141 e.